The van der Waals surface area contributed by atoms with Crippen molar-refractivity contribution in [3.63, 3.8) is 0 Å². The number of aromatic hydroxyl groups is 3. The van der Waals surface area contributed by atoms with Crippen LogP contribution in [0.3, 0.4) is 0 Å². The van der Waals surface area contributed by atoms with E-state index in [-0.39, 0.29) is 83.3 Å². The zero-order valence-corrected chi connectivity index (χ0v) is 52.6. The molecule has 10 bridgehead atoms. The molecule has 0 radical (unpaired) electrons. The molecule has 6 aliphatic heterocycles. The number of fused-ring (bicyclic) bond motifs is 7. The number of aliphatic hydroxyl groups is 2. The third kappa shape index (κ3) is 10.7. The van der Waals surface area contributed by atoms with E-state index in [4.69, 9.17) is 18.9 Å². The molecule has 11 aliphatic rings. The van der Waals surface area contributed by atoms with E-state index in [0.717, 1.165) is 138 Å². The first-order valence-electron chi connectivity index (χ1n) is 34.0. The standard InChI is InChI=1S/C78H89N3O9/c1-46(2)29-56-33-55-36-63-58(42-82)37-67(86)75(72(56)63)88-43-59-35-61(78-60-23-20-51-10-8-11-52(74(51)78)22-26-70(78)77(89-44-60)27-5-4-6-28-77)34-57-40-81(41-64(57)59)76-73-53(38-71(80-76)79-45-87-3)19-16-47(15-18-50-21-25-68(73)90-69(50)39-66(55)85)13-14-48-17-24-65(84)54(30-48)31-49-9-7-12-62(83)32-49/h7-12,17,21,24-25,30,32,34-35,37-38,40-41,46-47,50,55-56,60,66,68-71,79-80,82-86H,4-6,13-15,18,20,22-23,26-29,31,33,36,39,42-45H2,1-3H3. The topological polar surface area (TPSA) is 167 Å². The minimum absolute atomic E-state index is 0.000260. The van der Waals surface area contributed by atoms with E-state index in [2.05, 4.69) is 108 Å². The fraction of sp³-hybridized carbons (Fsp3) is 0.487. The van der Waals surface area contributed by atoms with Crippen molar-refractivity contribution in [3.05, 3.63) is 182 Å². The predicted molar refractivity (Wildman–Crippen MR) is 350 cm³/mol. The van der Waals surface area contributed by atoms with Crippen LogP contribution in [0.1, 0.15) is 164 Å². The summed E-state index contributed by atoms with van der Waals surface area (Å²) in [6.07, 6.45) is 25.6. The molecule has 1 spiro atoms. The van der Waals surface area contributed by atoms with E-state index < -0.39 is 12.2 Å². The van der Waals surface area contributed by atoms with E-state index >= 15 is 0 Å². The highest BCUT2D eigenvalue weighted by Gasteiger charge is 2.63. The van der Waals surface area contributed by atoms with Crippen LogP contribution in [0.15, 0.2) is 121 Å². The van der Waals surface area contributed by atoms with Crippen LogP contribution in [0, 0.1) is 47.3 Å². The lowest BCUT2D eigenvalue weighted by atomic mass is 9.45. The SMILES string of the molecule is COCNC1C=C2C#CC(CCc3ccc(O)c(Cc4cccc(O)c4)c3)CCC3C=CC4OC3CC(O)C3Cc5c(CO)cc(O)c(c5C(CC(C)C)C3)OCc3cc(C56c7c8cccc7CCC5C5(CCCCC5)OCC6CC8)cc5cn(cc35)C(=C24)N1. The second-order valence-corrected chi connectivity index (χ2v) is 28.6. The Kier molecular flexibility index (Phi) is 16.1. The lowest BCUT2D eigenvalue weighted by molar-refractivity contribution is -0.193. The molecule has 12 nitrogen and oxygen atoms in total. The van der Waals surface area contributed by atoms with Gasteiger partial charge in [-0.15, -0.1) is 0 Å². The molecule has 12 heteroatoms. The Labute approximate surface area is 530 Å². The van der Waals surface area contributed by atoms with Gasteiger partial charge < -0.3 is 54.4 Å². The number of rotatable bonds is 12. The number of nitrogens with one attached hydrogen (secondary N) is 2. The number of ether oxygens (including phenoxy) is 4. The molecule has 5 aromatic carbocycles. The van der Waals surface area contributed by atoms with Crippen molar-refractivity contribution in [1.29, 1.82) is 0 Å². The second-order valence-electron chi connectivity index (χ2n) is 28.6. The minimum Gasteiger partial charge on any atom is -0.508 e. The summed E-state index contributed by atoms with van der Waals surface area (Å²) in [4.78, 5) is 0. The van der Waals surface area contributed by atoms with Gasteiger partial charge in [0.2, 0.25) is 0 Å². The van der Waals surface area contributed by atoms with E-state index in [9.17, 15) is 25.5 Å². The molecule has 90 heavy (non-hydrogen) atoms. The fourth-order valence-electron chi connectivity index (χ4n) is 18.8. The van der Waals surface area contributed by atoms with Crippen LogP contribution in [-0.4, -0.2) is 80.6 Å². The highest BCUT2D eigenvalue weighted by molar-refractivity contribution is 5.89. The van der Waals surface area contributed by atoms with Crippen molar-refractivity contribution in [2.24, 2.45) is 35.5 Å². The van der Waals surface area contributed by atoms with Crippen LogP contribution in [-0.2, 0) is 64.9 Å². The van der Waals surface area contributed by atoms with Crippen LogP contribution in [0.5, 0.6) is 23.0 Å². The molecule has 11 atom stereocenters. The number of methoxy groups -OCH3 is 1. The first-order chi connectivity index (χ1) is 43.9. The Morgan fingerprint density at radius 2 is 1.70 bits per heavy atom. The van der Waals surface area contributed by atoms with Crippen molar-refractivity contribution >= 4 is 16.6 Å². The van der Waals surface area contributed by atoms with Crippen molar-refractivity contribution in [2.45, 2.75) is 184 Å². The van der Waals surface area contributed by atoms with Crippen LogP contribution in [0.4, 0.5) is 0 Å². The smallest absolute Gasteiger partial charge is 0.165 e. The van der Waals surface area contributed by atoms with Crippen LogP contribution < -0.4 is 15.4 Å². The van der Waals surface area contributed by atoms with Crippen molar-refractivity contribution in [2.75, 3.05) is 20.4 Å². The maximum atomic E-state index is 13.0. The average molecular weight is 1210 g/mol. The Hall–Kier alpha value is -6.82. The molecule has 1 saturated carbocycles. The monoisotopic (exact) mass is 1210 g/mol. The number of dihydropyridines is 1. The zero-order chi connectivity index (χ0) is 61.4. The third-order valence-electron chi connectivity index (χ3n) is 22.8. The Morgan fingerprint density at radius 3 is 2.52 bits per heavy atom. The van der Waals surface area contributed by atoms with Gasteiger partial charge in [-0.25, -0.2) is 0 Å². The minimum atomic E-state index is -0.725. The van der Waals surface area contributed by atoms with Crippen LogP contribution in [0.25, 0.3) is 16.6 Å². The summed E-state index contributed by atoms with van der Waals surface area (Å²) in [5.41, 5.74) is 13.7. The first-order valence-corrected chi connectivity index (χ1v) is 34.0. The summed E-state index contributed by atoms with van der Waals surface area (Å²) >= 11 is 0. The molecule has 470 valence electrons. The Balaban J connectivity index is 0.918. The molecule has 0 amide bonds. The number of phenolic OH excluding ortho intramolecular Hbond substituents is 3. The number of benzene rings is 5. The number of hydrogen-bond acceptors (Lipinski definition) is 11. The van der Waals surface area contributed by atoms with E-state index in [1.807, 2.05) is 18.2 Å². The van der Waals surface area contributed by atoms with Crippen molar-refractivity contribution < 1.29 is 44.5 Å². The molecule has 5 aliphatic carbocycles. The van der Waals surface area contributed by atoms with Gasteiger partial charge in [-0.2, -0.15) is 0 Å². The number of aryl methyl sites for hydroxylation is 3. The zero-order valence-electron chi connectivity index (χ0n) is 52.6. The van der Waals surface area contributed by atoms with Gasteiger partial charge in [0.25, 0.3) is 0 Å². The van der Waals surface area contributed by atoms with E-state index in [0.29, 0.717) is 55.6 Å². The molecule has 7 N–H and O–H groups in total. The molecular weight excluding hydrogens is 1120 g/mol. The Bertz CT molecular complexity index is 3880. The number of hydrogen-bond donors (Lipinski definition) is 7. The summed E-state index contributed by atoms with van der Waals surface area (Å²) in [5.74, 6) is 10.2. The fourth-order valence-corrected chi connectivity index (χ4v) is 18.8. The average Bonchev–Trinajstić information content (AvgIpc) is 0.769. The lowest BCUT2D eigenvalue weighted by Crippen LogP contribution is -2.64. The molecule has 1 aromatic heterocycles. The number of aromatic nitrogens is 1. The molecule has 17 rings (SSSR count). The maximum absolute atomic E-state index is 13.0. The summed E-state index contributed by atoms with van der Waals surface area (Å²) < 4.78 is 30.3. The van der Waals surface area contributed by atoms with Gasteiger partial charge in [-0.1, -0.05) is 106 Å². The number of aliphatic hydroxyl groups excluding tert-OH is 2. The van der Waals surface area contributed by atoms with Crippen LogP contribution in [0.2, 0.25) is 0 Å². The van der Waals surface area contributed by atoms with Gasteiger partial charge in [-0.05, 0) is 199 Å². The highest BCUT2D eigenvalue weighted by atomic mass is 16.5. The Morgan fingerprint density at radius 1 is 0.856 bits per heavy atom. The summed E-state index contributed by atoms with van der Waals surface area (Å²) in [5, 5.41) is 67.5. The molecule has 1 saturated heterocycles. The molecule has 11 unspecified atom stereocenters. The second kappa shape index (κ2) is 24.3. The third-order valence-corrected chi connectivity index (χ3v) is 22.8. The molecule has 7 heterocycles. The van der Waals surface area contributed by atoms with Gasteiger partial charge >= 0.3 is 0 Å². The molecular formula is C78H89N3O9. The summed E-state index contributed by atoms with van der Waals surface area (Å²) in [6, 6.07) is 27.0. The van der Waals surface area contributed by atoms with E-state index in [1.165, 1.54) is 36.0 Å². The van der Waals surface area contributed by atoms with Gasteiger partial charge in [-0.3, -0.25) is 5.32 Å². The lowest BCUT2D eigenvalue weighted by Gasteiger charge is -2.63. The largest absolute Gasteiger partial charge is 0.508 e. The van der Waals surface area contributed by atoms with Gasteiger partial charge in [0.15, 0.2) is 11.5 Å². The van der Waals surface area contributed by atoms with Crippen molar-refractivity contribution in [1.82, 2.24) is 15.2 Å². The predicted octanol–water partition coefficient (Wildman–Crippen LogP) is 13.2. The number of phenols is 3. The number of nitrogens with zero attached hydrogens (tertiary/aromatic N) is 1. The summed E-state index contributed by atoms with van der Waals surface area (Å²) in [6.45, 7) is 5.50. The van der Waals surface area contributed by atoms with Gasteiger partial charge in [0, 0.05) is 83.0 Å². The van der Waals surface area contributed by atoms with Crippen molar-refractivity contribution in [3.8, 4) is 34.8 Å². The van der Waals surface area contributed by atoms with Gasteiger partial charge in [0.05, 0.1) is 37.8 Å². The molecule has 2 fully saturated rings. The quantitative estimate of drug-likeness (QED) is 0.0354. The van der Waals surface area contributed by atoms with Crippen LogP contribution >= 0.6 is 0 Å². The van der Waals surface area contributed by atoms with Gasteiger partial charge in [0.1, 0.15) is 36.2 Å². The highest BCUT2D eigenvalue weighted by Crippen LogP contribution is 2.65. The summed E-state index contributed by atoms with van der Waals surface area (Å²) in [7, 11) is 1.70. The first kappa shape index (κ1) is 59.5. The normalized spacial score (nSPS) is 28.8. The molecule has 6 aromatic rings. The van der Waals surface area contributed by atoms with E-state index in [1.54, 1.807) is 36.9 Å². The maximum Gasteiger partial charge on any atom is 0.165 e.